The molecule has 1 N–H and O–H groups in total. The third-order valence-electron chi connectivity index (χ3n) is 1.15. The molecule has 0 atom stereocenters. The van der Waals surface area contributed by atoms with Crippen LogP contribution in [-0.2, 0) is 4.74 Å². The molecule has 15 heavy (non-hydrogen) atoms. The van der Waals surface area contributed by atoms with Crippen LogP contribution in [0.1, 0.15) is 20.8 Å². The van der Waals surface area contributed by atoms with Crippen molar-refractivity contribution in [2.45, 2.75) is 26.4 Å². The molecule has 1 rings (SSSR count). The molecular weight excluding hydrogens is 196 g/mol. The highest BCUT2D eigenvalue weighted by Gasteiger charge is 2.05. The van der Waals surface area contributed by atoms with Gasteiger partial charge >= 0.3 is 0 Å². The second-order valence-corrected chi connectivity index (χ2v) is 3.80. The van der Waals surface area contributed by atoms with Crippen molar-refractivity contribution < 1.29 is 19.7 Å². The number of ether oxygens (including phenoxy) is 1. The largest absolute Gasteiger partial charge is 0.544 e. The summed E-state index contributed by atoms with van der Waals surface area (Å²) in [6, 6.07) is 8.71. The van der Waals surface area contributed by atoms with Crippen LogP contribution in [0.25, 0.3) is 0 Å². The van der Waals surface area contributed by atoms with Gasteiger partial charge in [-0.3, -0.25) is 0 Å². The van der Waals surface area contributed by atoms with Crippen molar-refractivity contribution in [3.05, 3.63) is 30.3 Å². The van der Waals surface area contributed by atoms with Gasteiger partial charge in [0.1, 0.15) is 5.75 Å². The van der Waals surface area contributed by atoms with E-state index in [4.69, 9.17) is 5.11 Å². The quantitative estimate of drug-likeness (QED) is 0.661. The lowest BCUT2D eigenvalue weighted by Crippen LogP contribution is -2.32. The molecule has 0 heterocycles. The molecular formula is C11H15O4-. The highest BCUT2D eigenvalue weighted by Crippen LogP contribution is 2.04. The zero-order chi connectivity index (χ0) is 11.9. The molecule has 0 bridgehead atoms. The first kappa shape index (κ1) is 13.3. The van der Waals surface area contributed by atoms with Gasteiger partial charge in [0, 0.05) is 5.60 Å². The molecule has 0 radical (unpaired) electrons. The zero-order valence-corrected chi connectivity index (χ0v) is 9.06. The van der Waals surface area contributed by atoms with Gasteiger partial charge in [-0.25, -0.2) is 0 Å². The first-order valence-corrected chi connectivity index (χ1v) is 4.45. The number of benzene rings is 1. The van der Waals surface area contributed by atoms with Crippen LogP contribution in [-0.4, -0.2) is 16.9 Å². The Hall–Kier alpha value is -1.71. The number of carboxylic acid groups (broad SMARTS) is 1. The number of phenolic OH excluding ortho intramolecular Hbond substituents is 1. The fraction of sp³-hybridized carbons (Fsp3) is 0.364. The van der Waals surface area contributed by atoms with Gasteiger partial charge in [-0.2, -0.15) is 0 Å². The number of carbonyl (C=O) groups excluding carboxylic acids is 1. The molecule has 0 unspecified atom stereocenters. The molecule has 1 aromatic carbocycles. The Balaban J connectivity index is 0.000000262. The van der Waals surface area contributed by atoms with Gasteiger partial charge in [-0.05, 0) is 32.9 Å². The van der Waals surface area contributed by atoms with Gasteiger partial charge in [0.05, 0.1) is 0 Å². The SMILES string of the molecule is CC(C)(C)OC(=O)[O-].Oc1ccccc1. The fourth-order valence-electron chi connectivity index (χ4n) is 0.678. The van der Waals surface area contributed by atoms with E-state index in [1.54, 1.807) is 45.0 Å². The molecule has 0 saturated carbocycles. The lowest BCUT2D eigenvalue weighted by atomic mass is 10.2. The van der Waals surface area contributed by atoms with E-state index in [0.717, 1.165) is 0 Å². The van der Waals surface area contributed by atoms with Crippen LogP contribution < -0.4 is 5.11 Å². The van der Waals surface area contributed by atoms with Crippen LogP contribution in [0.3, 0.4) is 0 Å². The molecule has 0 aliphatic carbocycles. The van der Waals surface area contributed by atoms with Gasteiger partial charge in [0.15, 0.2) is 0 Å². The summed E-state index contributed by atoms with van der Waals surface area (Å²) in [5.74, 6) is 0.322. The predicted octanol–water partition coefficient (Wildman–Crippen LogP) is 1.54. The molecule has 0 fully saturated rings. The lowest BCUT2D eigenvalue weighted by molar-refractivity contribution is -0.292. The Kier molecular flexibility index (Phi) is 5.23. The summed E-state index contributed by atoms with van der Waals surface area (Å²) < 4.78 is 4.24. The molecule has 84 valence electrons. The van der Waals surface area contributed by atoms with Crippen LogP contribution in [0.15, 0.2) is 30.3 Å². The topological polar surface area (TPSA) is 69.6 Å². The van der Waals surface area contributed by atoms with E-state index < -0.39 is 11.8 Å². The number of aromatic hydroxyl groups is 1. The number of rotatable bonds is 0. The molecule has 0 amide bonds. The highest BCUT2D eigenvalue weighted by molar-refractivity contribution is 5.54. The van der Waals surface area contributed by atoms with Crippen molar-refractivity contribution in [3.63, 3.8) is 0 Å². The van der Waals surface area contributed by atoms with Crippen molar-refractivity contribution in [3.8, 4) is 5.75 Å². The smallest absolute Gasteiger partial charge is 0.252 e. The summed E-state index contributed by atoms with van der Waals surface area (Å²) in [7, 11) is 0. The molecule has 0 spiro atoms. The van der Waals surface area contributed by atoms with Crippen LogP contribution in [0.5, 0.6) is 5.75 Å². The molecule has 4 nitrogen and oxygen atoms in total. The van der Waals surface area contributed by atoms with E-state index >= 15 is 0 Å². The fourth-order valence-corrected chi connectivity index (χ4v) is 0.678. The van der Waals surface area contributed by atoms with E-state index in [1.165, 1.54) is 0 Å². The van der Waals surface area contributed by atoms with E-state index in [9.17, 15) is 9.90 Å². The summed E-state index contributed by atoms with van der Waals surface area (Å²) in [6.07, 6.45) is -1.47. The molecule has 4 heteroatoms. The van der Waals surface area contributed by atoms with Crippen LogP contribution in [0, 0.1) is 0 Å². The van der Waals surface area contributed by atoms with Gasteiger partial charge in [0.25, 0.3) is 6.16 Å². The Bertz CT molecular complexity index is 287. The summed E-state index contributed by atoms with van der Waals surface area (Å²) >= 11 is 0. The number of para-hydroxylation sites is 1. The minimum absolute atomic E-state index is 0.322. The van der Waals surface area contributed by atoms with Crippen molar-refractivity contribution >= 4 is 6.16 Å². The molecule has 0 aromatic heterocycles. The summed E-state index contributed by atoms with van der Waals surface area (Å²) in [4.78, 5) is 9.68. The second-order valence-electron chi connectivity index (χ2n) is 3.80. The Labute approximate surface area is 89.1 Å². The molecule has 0 aliphatic rings. The first-order valence-electron chi connectivity index (χ1n) is 4.45. The minimum atomic E-state index is -1.47. The number of hydrogen-bond donors (Lipinski definition) is 1. The zero-order valence-electron chi connectivity index (χ0n) is 9.06. The normalized spacial score (nSPS) is 9.80. The Morgan fingerprint density at radius 2 is 1.73 bits per heavy atom. The third kappa shape index (κ3) is 10.2. The number of phenols is 1. The maximum Gasteiger partial charge on any atom is 0.252 e. The summed E-state index contributed by atoms with van der Waals surface area (Å²) in [5.41, 5.74) is -0.640. The second kappa shape index (κ2) is 5.90. The molecule has 0 saturated heterocycles. The average molecular weight is 211 g/mol. The summed E-state index contributed by atoms with van der Waals surface area (Å²) in [6.45, 7) is 4.92. The monoisotopic (exact) mass is 211 g/mol. The molecule has 1 aromatic rings. The van der Waals surface area contributed by atoms with E-state index in [-0.39, 0.29) is 0 Å². The van der Waals surface area contributed by atoms with Crippen LogP contribution in [0.4, 0.5) is 4.79 Å². The van der Waals surface area contributed by atoms with Gasteiger partial charge < -0.3 is 19.7 Å². The third-order valence-corrected chi connectivity index (χ3v) is 1.15. The van der Waals surface area contributed by atoms with Gasteiger partial charge in [-0.15, -0.1) is 0 Å². The molecule has 0 aliphatic heterocycles. The number of carbonyl (C=O) groups is 1. The predicted molar refractivity (Wildman–Crippen MR) is 54.3 cm³/mol. The first-order chi connectivity index (χ1) is 6.81. The van der Waals surface area contributed by atoms with E-state index in [2.05, 4.69) is 4.74 Å². The standard InChI is InChI=1S/C6H6O.C5H10O3/c7-6-4-2-1-3-5-6;1-5(2,3)8-4(6)7/h1-5,7H;1-3H3,(H,6,7)/p-1. The maximum absolute atomic E-state index is 9.68. The van der Waals surface area contributed by atoms with Crippen LogP contribution >= 0.6 is 0 Å². The maximum atomic E-state index is 9.68. The van der Waals surface area contributed by atoms with Crippen molar-refractivity contribution in [1.29, 1.82) is 0 Å². The Morgan fingerprint density at radius 1 is 1.27 bits per heavy atom. The van der Waals surface area contributed by atoms with Crippen molar-refractivity contribution in [2.24, 2.45) is 0 Å². The Morgan fingerprint density at radius 3 is 1.87 bits per heavy atom. The highest BCUT2D eigenvalue weighted by atomic mass is 16.7. The van der Waals surface area contributed by atoms with Crippen molar-refractivity contribution in [2.75, 3.05) is 0 Å². The number of hydrogen-bond acceptors (Lipinski definition) is 4. The summed E-state index contributed by atoms with van der Waals surface area (Å²) in [5, 5.41) is 18.3. The average Bonchev–Trinajstić information content (AvgIpc) is 2.01. The van der Waals surface area contributed by atoms with Crippen LogP contribution in [0.2, 0.25) is 0 Å². The van der Waals surface area contributed by atoms with E-state index in [1.807, 2.05) is 6.07 Å². The van der Waals surface area contributed by atoms with Crippen molar-refractivity contribution in [1.82, 2.24) is 0 Å². The minimum Gasteiger partial charge on any atom is -0.544 e. The van der Waals surface area contributed by atoms with Gasteiger partial charge in [-0.1, -0.05) is 18.2 Å². The van der Waals surface area contributed by atoms with E-state index in [0.29, 0.717) is 5.75 Å². The van der Waals surface area contributed by atoms with Gasteiger partial charge in [0.2, 0.25) is 0 Å². The lowest BCUT2D eigenvalue weighted by Gasteiger charge is -2.24.